The molecule has 4 rings (SSSR count). The fourth-order valence-corrected chi connectivity index (χ4v) is 3.08. The smallest absolute Gasteiger partial charge is 0.273 e. The predicted molar refractivity (Wildman–Crippen MR) is 110 cm³/mol. The second-order valence-corrected chi connectivity index (χ2v) is 6.73. The molecule has 146 valence electrons. The molecule has 7 heteroatoms. The monoisotopic (exact) mass is 386 g/mol. The summed E-state index contributed by atoms with van der Waals surface area (Å²) in [6, 6.07) is 19.5. The van der Waals surface area contributed by atoms with Crippen LogP contribution in [0.2, 0.25) is 0 Å². The summed E-state index contributed by atoms with van der Waals surface area (Å²) in [6.45, 7) is 2.57. The first-order chi connectivity index (χ1) is 14.2. The Morgan fingerprint density at radius 1 is 0.966 bits per heavy atom. The Balaban J connectivity index is 1.29. The first-order valence-electron chi connectivity index (χ1n) is 9.57. The van der Waals surface area contributed by atoms with Gasteiger partial charge in [0.15, 0.2) is 5.69 Å². The topological polar surface area (TPSA) is 77.6 Å². The summed E-state index contributed by atoms with van der Waals surface area (Å²) in [5.74, 6) is -0.219. The molecule has 1 N–H and O–H groups in total. The largest absolute Gasteiger partial charge is 0.351 e. The van der Waals surface area contributed by atoms with Crippen LogP contribution in [-0.2, 0) is 6.42 Å². The Bertz CT molecular complexity index is 1080. The highest BCUT2D eigenvalue weighted by Crippen LogP contribution is 2.13. The maximum Gasteiger partial charge on any atom is 0.273 e. The van der Waals surface area contributed by atoms with Crippen LogP contribution in [0.5, 0.6) is 0 Å². The van der Waals surface area contributed by atoms with Crippen LogP contribution in [0, 0.1) is 6.92 Å². The molecule has 0 fully saturated rings. The Hall–Kier alpha value is -3.74. The van der Waals surface area contributed by atoms with E-state index in [0.29, 0.717) is 12.2 Å². The van der Waals surface area contributed by atoms with Crippen LogP contribution in [0.3, 0.4) is 0 Å². The zero-order valence-corrected chi connectivity index (χ0v) is 16.2. The third-order valence-corrected chi connectivity index (χ3v) is 4.64. The predicted octanol–water partition coefficient (Wildman–Crippen LogP) is 3.12. The summed E-state index contributed by atoms with van der Waals surface area (Å²) < 4.78 is 1.89. The first-order valence-corrected chi connectivity index (χ1v) is 9.57. The molecular formula is C22H22N6O. The molecular weight excluding hydrogens is 364 g/mol. The van der Waals surface area contributed by atoms with Crippen molar-refractivity contribution < 1.29 is 4.79 Å². The summed E-state index contributed by atoms with van der Waals surface area (Å²) in [5, 5.41) is 15.9. The maximum absolute atomic E-state index is 12.3. The molecule has 0 saturated heterocycles. The van der Waals surface area contributed by atoms with E-state index < -0.39 is 0 Å². The second-order valence-electron chi connectivity index (χ2n) is 6.73. The fraction of sp³-hybridized carbons (Fsp3) is 0.182. The van der Waals surface area contributed by atoms with Gasteiger partial charge in [0.2, 0.25) is 0 Å². The van der Waals surface area contributed by atoms with E-state index in [1.165, 1.54) is 16.6 Å². The van der Waals surface area contributed by atoms with Gasteiger partial charge in [0, 0.05) is 12.7 Å². The van der Waals surface area contributed by atoms with Crippen molar-refractivity contribution in [3.05, 3.63) is 90.0 Å². The van der Waals surface area contributed by atoms with Gasteiger partial charge >= 0.3 is 0 Å². The average Bonchev–Trinajstić information content (AvgIpc) is 3.40. The van der Waals surface area contributed by atoms with Crippen molar-refractivity contribution in [3.8, 4) is 11.4 Å². The van der Waals surface area contributed by atoms with Gasteiger partial charge in [-0.25, -0.2) is 4.68 Å². The van der Waals surface area contributed by atoms with Crippen LogP contribution < -0.4 is 5.32 Å². The molecule has 0 spiro atoms. The van der Waals surface area contributed by atoms with Gasteiger partial charge in [-0.15, -0.1) is 5.10 Å². The molecule has 0 aliphatic carbocycles. The molecule has 0 bridgehead atoms. The molecule has 2 heterocycles. The van der Waals surface area contributed by atoms with Gasteiger partial charge in [-0.3, -0.25) is 4.79 Å². The highest BCUT2D eigenvalue weighted by molar-refractivity contribution is 5.91. The van der Waals surface area contributed by atoms with Gasteiger partial charge in [0.25, 0.3) is 5.91 Å². The van der Waals surface area contributed by atoms with E-state index in [2.05, 4.69) is 26.8 Å². The number of aryl methyl sites for hydroxylation is 2. The lowest BCUT2D eigenvalue weighted by atomic mass is 10.1. The van der Waals surface area contributed by atoms with E-state index in [-0.39, 0.29) is 5.91 Å². The Labute approximate surface area is 169 Å². The summed E-state index contributed by atoms with van der Waals surface area (Å²) in [4.78, 5) is 13.8. The van der Waals surface area contributed by atoms with E-state index in [4.69, 9.17) is 0 Å². The molecule has 0 radical (unpaired) electrons. The van der Waals surface area contributed by atoms with E-state index in [0.717, 1.165) is 29.9 Å². The number of para-hydroxylation sites is 2. The standard InChI is InChI=1S/C22H22N6O/c1-17-18(16-27(25-17)19-10-4-2-5-11-19)9-8-14-23-22(29)21-15-24-28(26-21)20-12-6-3-7-13-20/h2-7,10-13,15-16H,8-9,14H2,1H3,(H,23,29). The molecule has 0 atom stereocenters. The van der Waals surface area contributed by atoms with E-state index in [1.807, 2.05) is 72.3 Å². The third kappa shape index (κ3) is 4.40. The summed E-state index contributed by atoms with van der Waals surface area (Å²) in [7, 11) is 0. The SMILES string of the molecule is Cc1nn(-c2ccccc2)cc1CCCNC(=O)c1cnn(-c2ccccc2)n1. The van der Waals surface area contributed by atoms with Gasteiger partial charge in [0.05, 0.1) is 23.3 Å². The summed E-state index contributed by atoms with van der Waals surface area (Å²) in [5.41, 5.74) is 4.35. The summed E-state index contributed by atoms with van der Waals surface area (Å²) >= 11 is 0. The number of nitrogens with zero attached hydrogens (tertiary/aromatic N) is 5. The number of hydrogen-bond donors (Lipinski definition) is 1. The maximum atomic E-state index is 12.3. The van der Waals surface area contributed by atoms with Gasteiger partial charge < -0.3 is 5.32 Å². The van der Waals surface area contributed by atoms with Gasteiger partial charge in [0.1, 0.15) is 0 Å². The zero-order chi connectivity index (χ0) is 20.1. The minimum absolute atomic E-state index is 0.219. The van der Waals surface area contributed by atoms with Crippen LogP contribution in [0.15, 0.2) is 73.1 Å². The lowest BCUT2D eigenvalue weighted by Gasteiger charge is -2.03. The Morgan fingerprint density at radius 2 is 1.66 bits per heavy atom. The molecule has 4 aromatic rings. The lowest BCUT2D eigenvalue weighted by Crippen LogP contribution is -2.25. The zero-order valence-electron chi connectivity index (χ0n) is 16.2. The average molecular weight is 386 g/mol. The summed E-state index contributed by atoms with van der Waals surface area (Å²) in [6.07, 6.45) is 5.20. The van der Waals surface area contributed by atoms with Crippen molar-refractivity contribution in [1.29, 1.82) is 0 Å². The molecule has 0 unspecified atom stereocenters. The van der Waals surface area contributed by atoms with Crippen LogP contribution >= 0.6 is 0 Å². The van der Waals surface area contributed by atoms with E-state index >= 15 is 0 Å². The molecule has 0 saturated carbocycles. The number of amides is 1. The Kier molecular flexibility index (Phi) is 5.47. The molecule has 2 aromatic carbocycles. The third-order valence-electron chi connectivity index (χ3n) is 4.64. The van der Waals surface area contributed by atoms with Crippen molar-refractivity contribution in [2.24, 2.45) is 0 Å². The van der Waals surface area contributed by atoms with Crippen LogP contribution in [0.4, 0.5) is 0 Å². The molecule has 0 aliphatic heterocycles. The normalized spacial score (nSPS) is 10.8. The second kappa shape index (κ2) is 8.52. The van der Waals surface area contributed by atoms with Crippen molar-refractivity contribution >= 4 is 5.91 Å². The minimum Gasteiger partial charge on any atom is -0.351 e. The first kappa shape index (κ1) is 18.6. The molecule has 1 amide bonds. The van der Waals surface area contributed by atoms with Gasteiger partial charge in [-0.05, 0) is 49.6 Å². The highest BCUT2D eigenvalue weighted by Gasteiger charge is 2.11. The Morgan fingerprint density at radius 3 is 2.38 bits per heavy atom. The number of aromatic nitrogens is 5. The molecule has 7 nitrogen and oxygen atoms in total. The molecule has 29 heavy (non-hydrogen) atoms. The number of benzene rings is 2. The quantitative estimate of drug-likeness (QED) is 0.495. The van der Waals surface area contributed by atoms with E-state index in [9.17, 15) is 4.79 Å². The van der Waals surface area contributed by atoms with Crippen LogP contribution in [0.1, 0.15) is 28.2 Å². The van der Waals surface area contributed by atoms with Gasteiger partial charge in [-0.1, -0.05) is 36.4 Å². The lowest BCUT2D eigenvalue weighted by molar-refractivity contribution is 0.0948. The van der Waals surface area contributed by atoms with E-state index in [1.54, 1.807) is 0 Å². The minimum atomic E-state index is -0.219. The van der Waals surface area contributed by atoms with Crippen molar-refractivity contribution in [1.82, 2.24) is 30.1 Å². The highest BCUT2D eigenvalue weighted by atomic mass is 16.2. The van der Waals surface area contributed by atoms with Crippen molar-refractivity contribution in [3.63, 3.8) is 0 Å². The van der Waals surface area contributed by atoms with Crippen molar-refractivity contribution in [2.45, 2.75) is 19.8 Å². The van der Waals surface area contributed by atoms with Crippen molar-refractivity contribution in [2.75, 3.05) is 6.54 Å². The number of carbonyl (C=O) groups is 1. The van der Waals surface area contributed by atoms with Gasteiger partial charge in [-0.2, -0.15) is 15.0 Å². The number of carbonyl (C=O) groups excluding carboxylic acids is 1. The molecule has 0 aliphatic rings. The van der Waals surface area contributed by atoms with Crippen LogP contribution in [-0.4, -0.2) is 37.2 Å². The number of rotatable bonds is 7. The fourth-order valence-electron chi connectivity index (χ4n) is 3.08. The molecule has 2 aromatic heterocycles. The van der Waals surface area contributed by atoms with Crippen LogP contribution in [0.25, 0.3) is 11.4 Å². The number of nitrogens with one attached hydrogen (secondary N) is 1. The number of hydrogen-bond acceptors (Lipinski definition) is 4.